The zero-order valence-electron chi connectivity index (χ0n) is 5.99. The van der Waals surface area contributed by atoms with Gasteiger partial charge < -0.3 is 5.32 Å². The second kappa shape index (κ2) is 2.65. The Kier molecular flexibility index (Phi) is 1.51. The van der Waals surface area contributed by atoms with Crippen molar-refractivity contribution in [2.75, 3.05) is 13.1 Å². The SMILES string of the molecule is c1cnnc(C2=NCCN2)c1. The molecule has 56 valence electrons. The summed E-state index contributed by atoms with van der Waals surface area (Å²) >= 11 is 0. The minimum Gasteiger partial charge on any atom is -0.367 e. The van der Waals surface area contributed by atoms with Gasteiger partial charge in [-0.1, -0.05) is 0 Å². The summed E-state index contributed by atoms with van der Waals surface area (Å²) in [7, 11) is 0. The highest BCUT2D eigenvalue weighted by Crippen LogP contribution is 1.96. The Morgan fingerprint density at radius 2 is 2.45 bits per heavy atom. The molecule has 0 aliphatic carbocycles. The molecule has 0 saturated heterocycles. The van der Waals surface area contributed by atoms with E-state index in [1.807, 2.05) is 12.1 Å². The fraction of sp³-hybridized carbons (Fsp3) is 0.286. The van der Waals surface area contributed by atoms with Gasteiger partial charge >= 0.3 is 0 Å². The van der Waals surface area contributed by atoms with Gasteiger partial charge in [0.05, 0.1) is 6.54 Å². The van der Waals surface area contributed by atoms with Gasteiger partial charge in [0.2, 0.25) is 0 Å². The molecule has 0 atom stereocenters. The molecule has 0 bridgehead atoms. The van der Waals surface area contributed by atoms with Crippen LogP contribution in [-0.2, 0) is 0 Å². The quantitative estimate of drug-likeness (QED) is 0.601. The van der Waals surface area contributed by atoms with Crippen molar-refractivity contribution in [2.24, 2.45) is 4.99 Å². The molecule has 1 aromatic rings. The lowest BCUT2D eigenvalue weighted by Crippen LogP contribution is -2.20. The minimum absolute atomic E-state index is 0.824. The van der Waals surface area contributed by atoms with E-state index in [0.717, 1.165) is 24.6 Å². The van der Waals surface area contributed by atoms with Crippen LogP contribution < -0.4 is 5.32 Å². The van der Waals surface area contributed by atoms with Crippen molar-refractivity contribution in [1.82, 2.24) is 15.5 Å². The molecule has 1 aliphatic heterocycles. The normalized spacial score (nSPS) is 15.8. The average molecular weight is 148 g/mol. The van der Waals surface area contributed by atoms with Crippen LogP contribution >= 0.6 is 0 Å². The monoisotopic (exact) mass is 148 g/mol. The summed E-state index contributed by atoms with van der Waals surface area (Å²) < 4.78 is 0. The van der Waals surface area contributed by atoms with Gasteiger partial charge in [0.25, 0.3) is 0 Å². The number of nitrogens with zero attached hydrogens (tertiary/aromatic N) is 3. The number of hydrogen-bond donors (Lipinski definition) is 1. The number of rotatable bonds is 1. The van der Waals surface area contributed by atoms with Crippen LogP contribution in [0.2, 0.25) is 0 Å². The van der Waals surface area contributed by atoms with Crippen LogP contribution in [0.1, 0.15) is 5.69 Å². The van der Waals surface area contributed by atoms with E-state index in [0.29, 0.717) is 0 Å². The summed E-state index contributed by atoms with van der Waals surface area (Å²) in [6.07, 6.45) is 1.65. The third-order valence-corrected chi connectivity index (χ3v) is 1.49. The lowest BCUT2D eigenvalue weighted by molar-refractivity contribution is 0.950. The van der Waals surface area contributed by atoms with Crippen molar-refractivity contribution in [1.29, 1.82) is 0 Å². The standard InChI is InChI=1S/C7H8N4/c1-2-6(11-10-3-1)7-8-4-5-9-7/h1-3H,4-5H2,(H,8,9). The lowest BCUT2D eigenvalue weighted by atomic mass is 10.4. The maximum Gasteiger partial charge on any atom is 0.149 e. The number of aliphatic imine (C=N–C) groups is 1. The second-order valence-corrected chi connectivity index (χ2v) is 2.27. The van der Waals surface area contributed by atoms with Gasteiger partial charge in [0.1, 0.15) is 11.5 Å². The fourth-order valence-electron chi connectivity index (χ4n) is 0.997. The summed E-state index contributed by atoms with van der Waals surface area (Å²) in [5.74, 6) is 0.859. The van der Waals surface area contributed by atoms with Crippen LogP contribution in [0.3, 0.4) is 0 Å². The minimum atomic E-state index is 0.824. The zero-order chi connectivity index (χ0) is 7.52. The molecular formula is C7H8N4. The van der Waals surface area contributed by atoms with Gasteiger partial charge in [-0.05, 0) is 12.1 Å². The van der Waals surface area contributed by atoms with Gasteiger partial charge in [-0.25, -0.2) is 0 Å². The molecule has 4 heteroatoms. The van der Waals surface area contributed by atoms with E-state index in [1.54, 1.807) is 6.20 Å². The number of hydrogen-bond acceptors (Lipinski definition) is 4. The first-order valence-corrected chi connectivity index (χ1v) is 3.53. The predicted octanol–water partition coefficient (Wildman–Crippen LogP) is -0.174. The molecular weight excluding hydrogens is 140 g/mol. The van der Waals surface area contributed by atoms with Gasteiger partial charge in [-0.15, -0.1) is 5.10 Å². The number of aromatic nitrogens is 2. The molecule has 2 heterocycles. The van der Waals surface area contributed by atoms with E-state index >= 15 is 0 Å². The van der Waals surface area contributed by atoms with Crippen LogP contribution in [0.25, 0.3) is 0 Å². The molecule has 0 aromatic carbocycles. The average Bonchev–Trinajstić information content (AvgIpc) is 2.58. The summed E-state index contributed by atoms with van der Waals surface area (Å²) in [4.78, 5) is 4.21. The molecule has 0 spiro atoms. The Bertz CT molecular complexity index is 267. The van der Waals surface area contributed by atoms with Crippen molar-refractivity contribution in [3.05, 3.63) is 24.0 Å². The van der Waals surface area contributed by atoms with E-state index in [-0.39, 0.29) is 0 Å². The Morgan fingerprint density at radius 1 is 1.45 bits per heavy atom. The smallest absolute Gasteiger partial charge is 0.149 e. The molecule has 0 unspecified atom stereocenters. The Labute approximate surface area is 64.4 Å². The summed E-state index contributed by atoms with van der Waals surface area (Å²) in [5, 5.41) is 10.8. The predicted molar refractivity (Wildman–Crippen MR) is 41.4 cm³/mol. The molecule has 4 nitrogen and oxygen atoms in total. The van der Waals surface area contributed by atoms with Gasteiger partial charge in [-0.3, -0.25) is 4.99 Å². The summed E-state index contributed by atoms with van der Waals surface area (Å²) in [5.41, 5.74) is 0.824. The largest absolute Gasteiger partial charge is 0.367 e. The Balaban J connectivity index is 2.29. The Hall–Kier alpha value is -1.45. The second-order valence-electron chi connectivity index (χ2n) is 2.27. The van der Waals surface area contributed by atoms with Crippen LogP contribution in [-0.4, -0.2) is 29.1 Å². The van der Waals surface area contributed by atoms with E-state index in [9.17, 15) is 0 Å². The molecule has 1 N–H and O–H groups in total. The van der Waals surface area contributed by atoms with Crippen molar-refractivity contribution in [3.8, 4) is 0 Å². The van der Waals surface area contributed by atoms with Crippen LogP contribution in [0.5, 0.6) is 0 Å². The fourth-order valence-corrected chi connectivity index (χ4v) is 0.997. The third kappa shape index (κ3) is 1.19. The van der Waals surface area contributed by atoms with Gasteiger partial charge in [-0.2, -0.15) is 5.10 Å². The Morgan fingerprint density at radius 3 is 3.09 bits per heavy atom. The van der Waals surface area contributed by atoms with E-state index in [1.165, 1.54) is 0 Å². The topological polar surface area (TPSA) is 50.2 Å². The molecule has 0 saturated carbocycles. The van der Waals surface area contributed by atoms with Crippen LogP contribution in [0.4, 0.5) is 0 Å². The lowest BCUT2D eigenvalue weighted by Gasteiger charge is -1.97. The maximum atomic E-state index is 4.21. The van der Waals surface area contributed by atoms with Crippen molar-refractivity contribution in [2.45, 2.75) is 0 Å². The summed E-state index contributed by atoms with van der Waals surface area (Å²) in [6.45, 7) is 1.75. The van der Waals surface area contributed by atoms with Crippen LogP contribution in [0, 0.1) is 0 Å². The highest BCUT2D eigenvalue weighted by molar-refractivity contribution is 5.97. The summed E-state index contributed by atoms with van der Waals surface area (Å²) in [6, 6.07) is 3.75. The molecule has 0 fully saturated rings. The number of amidine groups is 1. The highest BCUT2D eigenvalue weighted by Gasteiger charge is 2.07. The molecule has 1 aromatic heterocycles. The molecule has 0 amide bonds. The molecule has 11 heavy (non-hydrogen) atoms. The van der Waals surface area contributed by atoms with E-state index < -0.39 is 0 Å². The molecule has 1 aliphatic rings. The first-order valence-electron chi connectivity index (χ1n) is 3.53. The maximum absolute atomic E-state index is 4.21. The van der Waals surface area contributed by atoms with Gasteiger partial charge in [0.15, 0.2) is 0 Å². The zero-order valence-corrected chi connectivity index (χ0v) is 5.99. The third-order valence-electron chi connectivity index (χ3n) is 1.49. The van der Waals surface area contributed by atoms with Crippen LogP contribution in [0.15, 0.2) is 23.3 Å². The molecule has 0 radical (unpaired) electrons. The van der Waals surface area contributed by atoms with E-state index in [2.05, 4.69) is 20.5 Å². The first kappa shape index (κ1) is 6.27. The molecule has 2 rings (SSSR count). The van der Waals surface area contributed by atoms with E-state index in [4.69, 9.17) is 0 Å². The highest BCUT2D eigenvalue weighted by atomic mass is 15.1. The number of nitrogens with one attached hydrogen (secondary N) is 1. The van der Waals surface area contributed by atoms with Crippen molar-refractivity contribution in [3.63, 3.8) is 0 Å². The van der Waals surface area contributed by atoms with Crippen molar-refractivity contribution >= 4 is 5.84 Å². The van der Waals surface area contributed by atoms with Crippen molar-refractivity contribution < 1.29 is 0 Å². The first-order chi connectivity index (χ1) is 5.47. The van der Waals surface area contributed by atoms with Gasteiger partial charge in [0, 0.05) is 12.7 Å².